The summed E-state index contributed by atoms with van der Waals surface area (Å²) in [5, 5.41) is 1.56. The Labute approximate surface area is 162 Å². The molecule has 0 radical (unpaired) electrons. The van der Waals surface area contributed by atoms with E-state index in [0.29, 0.717) is 27.8 Å². The highest BCUT2D eigenvalue weighted by molar-refractivity contribution is 6.33. The van der Waals surface area contributed by atoms with E-state index in [4.69, 9.17) is 21.1 Å². The maximum absolute atomic E-state index is 12.8. The molecule has 3 rings (SSSR count). The van der Waals surface area contributed by atoms with Crippen molar-refractivity contribution in [2.45, 2.75) is 13.8 Å². The molecule has 2 aromatic rings. The van der Waals surface area contributed by atoms with Gasteiger partial charge in [0.1, 0.15) is 5.57 Å². The predicted molar refractivity (Wildman–Crippen MR) is 104 cm³/mol. The molecule has 6 nitrogen and oxygen atoms in total. The van der Waals surface area contributed by atoms with Gasteiger partial charge < -0.3 is 9.47 Å². The van der Waals surface area contributed by atoms with Gasteiger partial charge in [-0.25, -0.2) is 5.01 Å². The van der Waals surface area contributed by atoms with E-state index in [-0.39, 0.29) is 5.57 Å². The predicted octanol–water partition coefficient (Wildman–Crippen LogP) is 3.44. The number of hydrogen-bond acceptors (Lipinski definition) is 4. The zero-order valence-corrected chi connectivity index (χ0v) is 16.2. The van der Waals surface area contributed by atoms with E-state index in [0.717, 1.165) is 11.1 Å². The van der Waals surface area contributed by atoms with E-state index in [1.54, 1.807) is 18.2 Å². The smallest absolute Gasteiger partial charge is 0.282 e. The van der Waals surface area contributed by atoms with Crippen LogP contribution in [-0.4, -0.2) is 26.0 Å². The number of nitrogens with zero attached hydrogens (tertiary/aromatic N) is 1. The number of hydrogen-bond donors (Lipinski definition) is 1. The summed E-state index contributed by atoms with van der Waals surface area (Å²) >= 11 is 6.20. The molecule has 27 heavy (non-hydrogen) atoms. The Balaban J connectivity index is 1.98. The summed E-state index contributed by atoms with van der Waals surface area (Å²) < 4.78 is 10.5. The fraction of sp³-hybridized carbons (Fsp3) is 0.200. The molecule has 7 heteroatoms. The van der Waals surface area contributed by atoms with E-state index >= 15 is 0 Å². The number of ether oxygens (including phenoxy) is 2. The van der Waals surface area contributed by atoms with Gasteiger partial charge >= 0.3 is 0 Å². The van der Waals surface area contributed by atoms with Crippen LogP contribution in [0, 0.1) is 13.8 Å². The second kappa shape index (κ2) is 7.32. The molecule has 2 amide bonds. The van der Waals surface area contributed by atoms with Crippen molar-refractivity contribution in [1.29, 1.82) is 0 Å². The monoisotopic (exact) mass is 386 g/mol. The first kappa shape index (κ1) is 18.8. The van der Waals surface area contributed by atoms with Crippen LogP contribution in [0.5, 0.6) is 11.5 Å². The minimum Gasteiger partial charge on any atom is -0.493 e. The van der Waals surface area contributed by atoms with Gasteiger partial charge in [0.15, 0.2) is 11.5 Å². The summed E-state index contributed by atoms with van der Waals surface area (Å²) in [6.07, 6.45) is 1.48. The lowest BCUT2D eigenvalue weighted by molar-refractivity contribution is -0.117. The molecule has 2 aromatic carbocycles. The maximum atomic E-state index is 12.8. The number of amides is 2. The summed E-state index contributed by atoms with van der Waals surface area (Å²) in [5.41, 5.74) is 5.89. The third-order valence-electron chi connectivity index (χ3n) is 4.41. The molecule has 1 saturated heterocycles. The lowest BCUT2D eigenvalue weighted by Crippen LogP contribution is -2.35. The van der Waals surface area contributed by atoms with Gasteiger partial charge in [-0.05, 0) is 60.9 Å². The van der Waals surface area contributed by atoms with Crippen LogP contribution in [0.3, 0.4) is 0 Å². The van der Waals surface area contributed by atoms with E-state index in [1.165, 1.54) is 25.3 Å². The van der Waals surface area contributed by atoms with Crippen molar-refractivity contribution in [2.75, 3.05) is 19.2 Å². The van der Waals surface area contributed by atoms with Crippen molar-refractivity contribution in [3.63, 3.8) is 0 Å². The fourth-order valence-corrected chi connectivity index (χ4v) is 3.09. The molecule has 0 bridgehead atoms. The first-order valence-electron chi connectivity index (χ1n) is 8.21. The van der Waals surface area contributed by atoms with Crippen LogP contribution >= 0.6 is 11.6 Å². The molecule has 0 saturated carbocycles. The van der Waals surface area contributed by atoms with Gasteiger partial charge in [0.05, 0.1) is 24.9 Å². The molecule has 140 valence electrons. The average Bonchev–Trinajstić information content (AvgIpc) is 2.91. The Kier molecular flexibility index (Phi) is 5.10. The quantitative estimate of drug-likeness (QED) is 0.645. The van der Waals surface area contributed by atoms with Gasteiger partial charge in [-0.2, -0.15) is 0 Å². The molecule has 1 N–H and O–H groups in total. The van der Waals surface area contributed by atoms with Gasteiger partial charge in [0.25, 0.3) is 11.8 Å². The van der Waals surface area contributed by atoms with Gasteiger partial charge in [0, 0.05) is 0 Å². The Hall–Kier alpha value is -2.99. The lowest BCUT2D eigenvalue weighted by Gasteiger charge is -2.16. The number of nitrogens with one attached hydrogen (secondary N) is 1. The van der Waals surface area contributed by atoms with Gasteiger partial charge in [-0.15, -0.1) is 0 Å². The van der Waals surface area contributed by atoms with Crippen molar-refractivity contribution in [3.05, 3.63) is 57.6 Å². The highest BCUT2D eigenvalue weighted by atomic mass is 35.5. The minimum absolute atomic E-state index is 0.0107. The van der Waals surface area contributed by atoms with Gasteiger partial charge in [0.2, 0.25) is 0 Å². The number of carbonyl (C=O) groups excluding carboxylic acids is 2. The Morgan fingerprint density at radius 3 is 2.41 bits per heavy atom. The van der Waals surface area contributed by atoms with E-state index in [2.05, 4.69) is 5.43 Å². The molecular formula is C20H19ClN2O4. The Morgan fingerprint density at radius 1 is 1.04 bits per heavy atom. The Bertz CT molecular complexity index is 969. The normalized spacial score (nSPS) is 15.3. The number of hydrazine groups is 1. The number of halogens is 1. The lowest BCUT2D eigenvalue weighted by atomic mass is 10.1. The number of rotatable bonds is 4. The van der Waals surface area contributed by atoms with Crippen LogP contribution in [0.2, 0.25) is 5.02 Å². The molecule has 0 aliphatic carbocycles. The molecular weight excluding hydrogens is 368 g/mol. The van der Waals surface area contributed by atoms with Crippen LogP contribution in [0.4, 0.5) is 5.69 Å². The summed E-state index contributed by atoms with van der Waals surface area (Å²) in [4.78, 5) is 25.1. The number of methoxy groups -OCH3 is 2. The van der Waals surface area contributed by atoms with Crippen LogP contribution in [0.25, 0.3) is 6.08 Å². The van der Waals surface area contributed by atoms with Crippen LogP contribution in [0.15, 0.2) is 35.9 Å². The van der Waals surface area contributed by atoms with E-state index in [1.807, 2.05) is 26.0 Å². The highest BCUT2D eigenvalue weighted by Gasteiger charge is 2.34. The third kappa shape index (κ3) is 3.48. The molecule has 0 spiro atoms. The second-order valence-electron chi connectivity index (χ2n) is 6.15. The van der Waals surface area contributed by atoms with E-state index in [9.17, 15) is 9.59 Å². The van der Waals surface area contributed by atoms with Crippen LogP contribution < -0.4 is 19.9 Å². The number of carbonyl (C=O) groups is 2. The standard InChI is InChI=1S/C20H19ClN2O4/c1-11-5-6-14(7-12(11)2)23-20(25)15(19(24)22-23)8-13-9-16(21)18(27-4)17(10-13)26-3/h5-10H,1-4H3,(H,22,24)/b15-8+. The molecule has 1 heterocycles. The number of anilines is 1. The fourth-order valence-electron chi connectivity index (χ4n) is 2.79. The maximum Gasteiger partial charge on any atom is 0.282 e. The average molecular weight is 387 g/mol. The zero-order chi connectivity index (χ0) is 19.7. The van der Waals surface area contributed by atoms with Gasteiger partial charge in [-0.1, -0.05) is 17.7 Å². The van der Waals surface area contributed by atoms with Crippen molar-refractivity contribution in [1.82, 2.24) is 5.43 Å². The first-order valence-corrected chi connectivity index (χ1v) is 8.59. The highest BCUT2D eigenvalue weighted by Crippen LogP contribution is 2.37. The summed E-state index contributed by atoms with van der Waals surface area (Å²) in [6.45, 7) is 3.93. The van der Waals surface area contributed by atoms with Crippen molar-refractivity contribution in [3.8, 4) is 11.5 Å². The molecule has 0 atom stereocenters. The molecule has 1 aliphatic heterocycles. The molecule has 0 unspecified atom stereocenters. The second-order valence-corrected chi connectivity index (χ2v) is 6.55. The van der Waals surface area contributed by atoms with Crippen molar-refractivity contribution in [2.24, 2.45) is 0 Å². The summed E-state index contributed by atoms with van der Waals surface area (Å²) in [5.74, 6) is -0.118. The van der Waals surface area contributed by atoms with Crippen LogP contribution in [-0.2, 0) is 9.59 Å². The third-order valence-corrected chi connectivity index (χ3v) is 4.69. The van der Waals surface area contributed by atoms with Crippen LogP contribution in [0.1, 0.15) is 16.7 Å². The Morgan fingerprint density at radius 2 is 1.78 bits per heavy atom. The van der Waals surface area contributed by atoms with Gasteiger partial charge in [-0.3, -0.25) is 15.0 Å². The summed E-state index contributed by atoms with van der Waals surface area (Å²) in [6, 6.07) is 8.80. The SMILES string of the molecule is COc1cc(/C=C2\C(=O)NN(c3ccc(C)c(C)c3)C2=O)cc(Cl)c1OC. The zero-order valence-electron chi connectivity index (χ0n) is 15.4. The molecule has 1 aliphatic rings. The van der Waals surface area contributed by atoms with Crippen molar-refractivity contribution >= 4 is 35.2 Å². The molecule has 0 aromatic heterocycles. The minimum atomic E-state index is -0.482. The molecule has 1 fully saturated rings. The first-order chi connectivity index (χ1) is 12.8. The summed E-state index contributed by atoms with van der Waals surface area (Å²) in [7, 11) is 2.97. The number of benzene rings is 2. The van der Waals surface area contributed by atoms with E-state index < -0.39 is 11.8 Å². The largest absolute Gasteiger partial charge is 0.493 e. The topological polar surface area (TPSA) is 67.9 Å². The number of aryl methyl sites for hydroxylation is 2. The van der Waals surface area contributed by atoms with Crippen molar-refractivity contribution < 1.29 is 19.1 Å².